The van der Waals surface area contributed by atoms with Gasteiger partial charge in [-0.2, -0.15) is 4.98 Å². The molecule has 0 unspecified atom stereocenters. The molecule has 0 radical (unpaired) electrons. The maximum atomic E-state index is 10.6. The van der Waals surface area contributed by atoms with E-state index in [2.05, 4.69) is 36.0 Å². The molecule has 2 fully saturated rings. The van der Waals surface area contributed by atoms with Crippen LogP contribution in [0.25, 0.3) is 11.4 Å². The number of carboxylic acid groups (broad SMARTS) is 1. The van der Waals surface area contributed by atoms with Crippen molar-refractivity contribution < 1.29 is 19.2 Å². The monoisotopic (exact) mass is 481 g/mol. The molecule has 0 spiro atoms. The normalized spacial score (nSPS) is 17.9. The lowest BCUT2D eigenvalue weighted by molar-refractivity contribution is -0.0363. The van der Waals surface area contributed by atoms with Gasteiger partial charge >= 0.3 is 6.16 Å². The van der Waals surface area contributed by atoms with Gasteiger partial charge < -0.3 is 14.4 Å². The largest absolute Gasteiger partial charge is 0.506 e. The summed E-state index contributed by atoms with van der Waals surface area (Å²) in [6.07, 6.45) is 1.80. The van der Waals surface area contributed by atoms with Crippen molar-refractivity contribution in [3.63, 3.8) is 0 Å². The number of benzene rings is 2. The molecule has 1 saturated carbocycles. The van der Waals surface area contributed by atoms with E-state index >= 15 is 0 Å². The number of ether oxygens (including phenoxy) is 1. The highest BCUT2D eigenvalue weighted by Crippen LogP contribution is 2.55. The fourth-order valence-electron chi connectivity index (χ4n) is 4.95. The number of aromatic nitrogens is 2. The fourth-order valence-corrected chi connectivity index (χ4v) is 5.07. The van der Waals surface area contributed by atoms with Gasteiger partial charge in [-0.15, -0.1) is 0 Å². The molecule has 0 bridgehead atoms. The molecule has 7 nitrogen and oxygen atoms in total. The highest BCUT2D eigenvalue weighted by molar-refractivity contribution is 6.30. The summed E-state index contributed by atoms with van der Waals surface area (Å²) in [5.41, 5.74) is 3.26. The van der Waals surface area contributed by atoms with Crippen LogP contribution in [-0.2, 0) is 22.1 Å². The lowest BCUT2D eigenvalue weighted by Gasteiger charge is -2.37. The Kier molecular flexibility index (Phi) is 5.86. The Balaban J connectivity index is 1.22. The second kappa shape index (κ2) is 8.71. The second-order valence-corrected chi connectivity index (χ2v) is 10.6. The van der Waals surface area contributed by atoms with Crippen LogP contribution in [0.2, 0.25) is 5.02 Å². The van der Waals surface area contributed by atoms with Gasteiger partial charge in [0.2, 0.25) is 11.7 Å². The summed E-state index contributed by atoms with van der Waals surface area (Å²) in [6, 6.07) is 16.3. The third kappa shape index (κ3) is 4.81. The highest BCUT2D eigenvalue weighted by Gasteiger charge is 2.49. The van der Waals surface area contributed by atoms with Gasteiger partial charge in [-0.25, -0.2) is 4.79 Å². The zero-order chi connectivity index (χ0) is 23.9. The molecule has 2 heterocycles. The van der Waals surface area contributed by atoms with Gasteiger partial charge in [-0.05, 0) is 47.9 Å². The quantitative estimate of drug-likeness (QED) is 0.414. The van der Waals surface area contributed by atoms with Gasteiger partial charge in [0.1, 0.15) is 6.10 Å². The molecule has 2 aromatic carbocycles. The Morgan fingerprint density at radius 3 is 2.47 bits per heavy atom. The minimum absolute atomic E-state index is 0.149. The average molecular weight is 482 g/mol. The Morgan fingerprint density at radius 2 is 1.85 bits per heavy atom. The van der Waals surface area contributed by atoms with E-state index in [4.69, 9.17) is 31.0 Å². The zero-order valence-electron chi connectivity index (χ0n) is 19.3. The summed E-state index contributed by atoms with van der Waals surface area (Å²) < 4.78 is 10.5. The van der Waals surface area contributed by atoms with Crippen molar-refractivity contribution in [1.82, 2.24) is 15.0 Å². The van der Waals surface area contributed by atoms with E-state index in [1.807, 2.05) is 36.4 Å². The molecule has 178 valence electrons. The number of carbonyl (C=O) groups is 1. The van der Waals surface area contributed by atoms with Gasteiger partial charge in [-0.1, -0.05) is 67.0 Å². The molecule has 1 aliphatic heterocycles. The summed E-state index contributed by atoms with van der Waals surface area (Å²) in [6.45, 7) is 6.32. The van der Waals surface area contributed by atoms with Crippen LogP contribution in [0.5, 0.6) is 0 Å². The molecule has 5 rings (SSSR count). The van der Waals surface area contributed by atoms with E-state index in [9.17, 15) is 4.79 Å². The van der Waals surface area contributed by atoms with Crippen molar-refractivity contribution in [1.29, 1.82) is 0 Å². The van der Waals surface area contributed by atoms with E-state index in [-0.39, 0.29) is 16.9 Å². The Labute approximate surface area is 203 Å². The zero-order valence-corrected chi connectivity index (χ0v) is 20.1. The topological polar surface area (TPSA) is 88.7 Å². The molecule has 0 amide bonds. The third-order valence-corrected chi connectivity index (χ3v) is 7.16. The fraction of sp³-hybridized carbons (Fsp3) is 0.423. The van der Waals surface area contributed by atoms with Crippen molar-refractivity contribution in [2.45, 2.75) is 56.6 Å². The van der Waals surface area contributed by atoms with Gasteiger partial charge in [0.25, 0.3) is 0 Å². The molecule has 1 aromatic heterocycles. The number of nitrogens with zero attached hydrogens (tertiary/aromatic N) is 3. The molecule has 1 saturated heterocycles. The number of hydrogen-bond acceptors (Lipinski definition) is 6. The van der Waals surface area contributed by atoms with Crippen LogP contribution >= 0.6 is 11.6 Å². The molecule has 1 N–H and O–H groups in total. The van der Waals surface area contributed by atoms with Crippen LogP contribution in [0, 0.1) is 0 Å². The molecule has 3 aromatic rings. The molecule has 34 heavy (non-hydrogen) atoms. The molecule has 2 aliphatic rings. The Hall–Kier alpha value is -2.90. The summed E-state index contributed by atoms with van der Waals surface area (Å²) in [7, 11) is 0. The Bertz CT molecular complexity index is 1160. The highest BCUT2D eigenvalue weighted by atomic mass is 35.5. The predicted molar refractivity (Wildman–Crippen MR) is 128 cm³/mol. The minimum Gasteiger partial charge on any atom is -0.450 e. The summed E-state index contributed by atoms with van der Waals surface area (Å²) in [4.78, 5) is 17.5. The summed E-state index contributed by atoms with van der Waals surface area (Å²) in [5, 5.41) is 13.7. The van der Waals surface area contributed by atoms with Crippen LogP contribution in [0.3, 0.4) is 0 Å². The smallest absolute Gasteiger partial charge is 0.450 e. The van der Waals surface area contributed by atoms with Crippen LogP contribution < -0.4 is 0 Å². The molecule has 8 heteroatoms. The van der Waals surface area contributed by atoms with Crippen LogP contribution in [-0.4, -0.2) is 45.5 Å². The van der Waals surface area contributed by atoms with Crippen LogP contribution in [0.4, 0.5) is 4.79 Å². The number of halogens is 1. The van der Waals surface area contributed by atoms with Gasteiger partial charge in [0.05, 0.1) is 0 Å². The molecular weight excluding hydrogens is 454 g/mol. The summed E-state index contributed by atoms with van der Waals surface area (Å²) >= 11 is 6.08. The molecule has 1 aliphatic carbocycles. The SMILES string of the molecule is CC(C)(CC1(c2ccc(Cl)cc2)CC1)c1nc(-c2ccc(CN3CC(OC(=O)O)C3)cc2)no1. The molecular formula is C26H28ClN3O4. The minimum atomic E-state index is -1.21. The maximum absolute atomic E-state index is 10.6. The Morgan fingerprint density at radius 1 is 1.18 bits per heavy atom. The standard InChI is InChI=1S/C26H28ClN3O4/c1-25(2,16-26(11-12-26)19-7-9-20(27)10-8-19)23-28-22(29-34-23)18-5-3-17(4-6-18)13-30-14-21(15-30)33-24(31)32/h3-10,21H,11-16H2,1-2H3,(H,31,32). The van der Waals surface area contributed by atoms with Crippen molar-refractivity contribution in [2.75, 3.05) is 13.1 Å². The third-order valence-electron chi connectivity index (χ3n) is 6.90. The van der Waals surface area contributed by atoms with Crippen molar-refractivity contribution in [2.24, 2.45) is 0 Å². The van der Waals surface area contributed by atoms with Crippen molar-refractivity contribution >= 4 is 17.8 Å². The van der Waals surface area contributed by atoms with E-state index in [1.165, 1.54) is 5.56 Å². The maximum Gasteiger partial charge on any atom is 0.506 e. The number of likely N-dealkylation sites (tertiary alicyclic amines) is 1. The first-order valence-electron chi connectivity index (χ1n) is 11.5. The first kappa shape index (κ1) is 22.9. The summed E-state index contributed by atoms with van der Waals surface area (Å²) in [5.74, 6) is 1.24. The van der Waals surface area contributed by atoms with Gasteiger partial charge in [0.15, 0.2) is 0 Å². The van der Waals surface area contributed by atoms with Gasteiger partial charge in [-0.3, -0.25) is 4.90 Å². The lowest BCUT2D eigenvalue weighted by Crippen LogP contribution is -2.52. The first-order valence-corrected chi connectivity index (χ1v) is 11.9. The van der Waals surface area contributed by atoms with Crippen molar-refractivity contribution in [3.05, 3.63) is 70.6 Å². The van der Waals surface area contributed by atoms with Crippen LogP contribution in [0.15, 0.2) is 53.1 Å². The predicted octanol–water partition coefficient (Wildman–Crippen LogP) is 5.67. The van der Waals surface area contributed by atoms with Crippen LogP contribution in [0.1, 0.15) is 50.1 Å². The molecule has 0 atom stereocenters. The lowest BCUT2D eigenvalue weighted by atomic mass is 9.77. The average Bonchev–Trinajstić information content (AvgIpc) is 3.35. The van der Waals surface area contributed by atoms with Crippen molar-refractivity contribution in [3.8, 4) is 11.4 Å². The van der Waals surface area contributed by atoms with E-state index in [0.717, 1.165) is 42.0 Å². The van der Waals surface area contributed by atoms with E-state index in [0.29, 0.717) is 24.8 Å². The number of hydrogen-bond donors (Lipinski definition) is 1. The number of rotatable bonds is 8. The van der Waals surface area contributed by atoms with E-state index < -0.39 is 6.16 Å². The first-order chi connectivity index (χ1) is 16.2. The van der Waals surface area contributed by atoms with Gasteiger partial charge in [0, 0.05) is 35.6 Å². The van der Waals surface area contributed by atoms with E-state index in [1.54, 1.807) is 0 Å². The second-order valence-electron chi connectivity index (χ2n) is 10.2.